The summed E-state index contributed by atoms with van der Waals surface area (Å²) in [5, 5.41) is 9.21. The van der Waals surface area contributed by atoms with Gasteiger partial charge in [-0.3, -0.25) is 9.48 Å². The van der Waals surface area contributed by atoms with Crippen LogP contribution in [0.1, 0.15) is 23.0 Å². The van der Waals surface area contributed by atoms with E-state index in [1.54, 1.807) is 22.8 Å². The third-order valence-corrected chi connectivity index (χ3v) is 4.78. The number of hydrogen-bond acceptors (Lipinski definition) is 3. The van der Waals surface area contributed by atoms with Gasteiger partial charge in [-0.1, -0.05) is 48.5 Å². The van der Waals surface area contributed by atoms with Crippen molar-refractivity contribution >= 4 is 5.91 Å². The Kier molecular flexibility index (Phi) is 5.24. The molecule has 0 aliphatic rings. The van der Waals surface area contributed by atoms with Crippen LogP contribution in [-0.2, 0) is 13.1 Å². The van der Waals surface area contributed by atoms with Crippen molar-refractivity contribution in [3.63, 3.8) is 0 Å². The highest BCUT2D eigenvalue weighted by molar-refractivity contribution is 5.99. The van der Waals surface area contributed by atoms with Gasteiger partial charge in [-0.2, -0.15) is 10.2 Å². The highest BCUT2D eigenvalue weighted by atomic mass is 16.2. The van der Waals surface area contributed by atoms with E-state index < -0.39 is 0 Å². The lowest BCUT2D eigenvalue weighted by molar-refractivity contribution is 0.0784. The fraction of sp³-hybridized carbons (Fsp3) is 0.174. The van der Waals surface area contributed by atoms with Gasteiger partial charge < -0.3 is 4.90 Å². The molecule has 0 atom stereocenters. The van der Waals surface area contributed by atoms with E-state index in [4.69, 9.17) is 5.10 Å². The molecule has 29 heavy (non-hydrogen) atoms. The van der Waals surface area contributed by atoms with Gasteiger partial charge in [-0.25, -0.2) is 4.68 Å². The van der Waals surface area contributed by atoms with Crippen molar-refractivity contribution in [1.82, 2.24) is 24.5 Å². The van der Waals surface area contributed by atoms with Gasteiger partial charge in [0.1, 0.15) is 5.69 Å². The fourth-order valence-corrected chi connectivity index (χ4v) is 3.24. The number of hydrogen-bond donors (Lipinski definition) is 0. The van der Waals surface area contributed by atoms with E-state index >= 15 is 0 Å². The van der Waals surface area contributed by atoms with E-state index in [0.717, 1.165) is 23.5 Å². The minimum Gasteiger partial charge on any atom is -0.336 e. The molecule has 0 saturated heterocycles. The Morgan fingerprint density at radius 3 is 2.31 bits per heavy atom. The van der Waals surface area contributed by atoms with Crippen LogP contribution in [0.3, 0.4) is 0 Å². The van der Waals surface area contributed by atoms with Crippen molar-refractivity contribution in [2.45, 2.75) is 20.0 Å². The molecule has 0 unspecified atom stereocenters. The zero-order chi connectivity index (χ0) is 20.2. The summed E-state index contributed by atoms with van der Waals surface area (Å²) in [4.78, 5) is 15.0. The smallest absolute Gasteiger partial charge is 0.257 e. The van der Waals surface area contributed by atoms with Gasteiger partial charge in [0.15, 0.2) is 0 Å². The summed E-state index contributed by atoms with van der Waals surface area (Å²) in [5.41, 5.74) is 3.92. The van der Waals surface area contributed by atoms with Crippen LogP contribution in [0.4, 0.5) is 0 Å². The highest BCUT2D eigenvalue weighted by Crippen LogP contribution is 2.25. The van der Waals surface area contributed by atoms with Gasteiger partial charge in [-0.05, 0) is 25.1 Å². The maximum absolute atomic E-state index is 13.3. The Hall–Kier alpha value is -3.67. The van der Waals surface area contributed by atoms with E-state index in [9.17, 15) is 4.79 Å². The Labute approximate surface area is 170 Å². The topological polar surface area (TPSA) is 56.0 Å². The minimum atomic E-state index is -0.0860. The molecule has 0 aliphatic heterocycles. The van der Waals surface area contributed by atoms with Crippen LogP contribution in [0.15, 0.2) is 79.1 Å². The van der Waals surface area contributed by atoms with E-state index in [2.05, 4.69) is 5.10 Å². The molecule has 0 spiro atoms. The van der Waals surface area contributed by atoms with Gasteiger partial charge in [0.25, 0.3) is 5.91 Å². The Balaban J connectivity index is 1.69. The maximum atomic E-state index is 13.3. The third kappa shape index (κ3) is 3.96. The molecular formula is C23H23N5O. The lowest BCUT2D eigenvalue weighted by atomic mass is 10.1. The number of aromatic nitrogens is 4. The lowest BCUT2D eigenvalue weighted by Crippen LogP contribution is -2.26. The average molecular weight is 385 g/mol. The second-order valence-electron chi connectivity index (χ2n) is 6.86. The molecule has 0 bridgehead atoms. The molecular weight excluding hydrogens is 362 g/mol. The molecule has 2 heterocycles. The quantitative estimate of drug-likeness (QED) is 0.504. The number of nitrogens with zero attached hydrogens (tertiary/aromatic N) is 5. The first-order valence-corrected chi connectivity index (χ1v) is 9.64. The monoisotopic (exact) mass is 385 g/mol. The Morgan fingerprint density at radius 2 is 1.66 bits per heavy atom. The van der Waals surface area contributed by atoms with Gasteiger partial charge in [-0.15, -0.1) is 0 Å². The van der Waals surface area contributed by atoms with Crippen molar-refractivity contribution in [3.05, 3.63) is 90.4 Å². The summed E-state index contributed by atoms with van der Waals surface area (Å²) in [5.74, 6) is -0.0860. The van der Waals surface area contributed by atoms with Gasteiger partial charge >= 0.3 is 0 Å². The van der Waals surface area contributed by atoms with Gasteiger partial charge in [0, 0.05) is 31.5 Å². The maximum Gasteiger partial charge on any atom is 0.257 e. The number of benzene rings is 2. The molecule has 4 aromatic rings. The van der Waals surface area contributed by atoms with E-state index in [0.29, 0.717) is 17.8 Å². The summed E-state index contributed by atoms with van der Waals surface area (Å²) in [6, 6.07) is 21.5. The van der Waals surface area contributed by atoms with Gasteiger partial charge in [0.2, 0.25) is 0 Å². The molecule has 2 aromatic carbocycles. The predicted octanol–water partition coefficient (Wildman–Crippen LogP) is 4.03. The molecule has 6 heteroatoms. The zero-order valence-electron chi connectivity index (χ0n) is 16.6. The Bertz CT molecular complexity index is 1100. The summed E-state index contributed by atoms with van der Waals surface area (Å²) in [6.45, 7) is 3.28. The summed E-state index contributed by atoms with van der Waals surface area (Å²) < 4.78 is 3.62. The second kappa shape index (κ2) is 8.14. The van der Waals surface area contributed by atoms with Crippen LogP contribution < -0.4 is 0 Å². The zero-order valence-corrected chi connectivity index (χ0v) is 16.6. The van der Waals surface area contributed by atoms with E-state index in [1.807, 2.05) is 84.5 Å². The summed E-state index contributed by atoms with van der Waals surface area (Å²) >= 11 is 0. The average Bonchev–Trinajstić information content (AvgIpc) is 3.41. The lowest BCUT2D eigenvalue weighted by Gasteiger charge is -2.15. The molecule has 0 fully saturated rings. The van der Waals surface area contributed by atoms with Crippen LogP contribution in [0.2, 0.25) is 0 Å². The van der Waals surface area contributed by atoms with Crippen LogP contribution in [0.5, 0.6) is 0 Å². The molecule has 0 radical (unpaired) electrons. The highest BCUT2D eigenvalue weighted by Gasteiger charge is 2.22. The number of carbonyl (C=O) groups is 1. The van der Waals surface area contributed by atoms with Crippen LogP contribution in [-0.4, -0.2) is 37.4 Å². The number of rotatable bonds is 6. The van der Waals surface area contributed by atoms with Crippen molar-refractivity contribution < 1.29 is 4.79 Å². The summed E-state index contributed by atoms with van der Waals surface area (Å²) in [7, 11) is 1.79. The SMILES string of the molecule is CCn1ccc(CN(C)C(=O)c2cn(-c3ccccc3)nc2-c2ccccc2)n1. The molecule has 1 amide bonds. The van der Waals surface area contributed by atoms with Crippen LogP contribution in [0.25, 0.3) is 16.9 Å². The number of carbonyl (C=O) groups excluding carboxylic acids is 1. The van der Waals surface area contributed by atoms with Gasteiger partial charge in [0.05, 0.1) is 23.5 Å². The molecule has 146 valence electrons. The van der Waals surface area contributed by atoms with Crippen molar-refractivity contribution in [1.29, 1.82) is 0 Å². The molecule has 0 N–H and O–H groups in total. The van der Waals surface area contributed by atoms with Crippen molar-refractivity contribution in [2.24, 2.45) is 0 Å². The number of aryl methyl sites for hydroxylation is 1. The third-order valence-electron chi connectivity index (χ3n) is 4.78. The minimum absolute atomic E-state index is 0.0860. The first-order chi connectivity index (χ1) is 14.2. The number of amides is 1. The first kappa shape index (κ1) is 18.7. The van der Waals surface area contributed by atoms with Crippen LogP contribution in [0, 0.1) is 0 Å². The van der Waals surface area contributed by atoms with E-state index in [1.165, 1.54) is 0 Å². The standard InChI is InChI=1S/C23H23N5O/c1-3-27-15-14-19(24-27)16-26(2)23(29)21-17-28(20-12-8-5-9-13-20)25-22(21)18-10-6-4-7-11-18/h4-15,17H,3,16H2,1-2H3. The van der Waals surface area contributed by atoms with Crippen molar-refractivity contribution in [2.75, 3.05) is 7.05 Å². The van der Waals surface area contributed by atoms with Crippen molar-refractivity contribution in [3.8, 4) is 16.9 Å². The molecule has 4 rings (SSSR count). The van der Waals surface area contributed by atoms with E-state index in [-0.39, 0.29) is 5.91 Å². The predicted molar refractivity (Wildman–Crippen MR) is 113 cm³/mol. The fourth-order valence-electron chi connectivity index (χ4n) is 3.24. The largest absolute Gasteiger partial charge is 0.336 e. The molecule has 0 saturated carbocycles. The molecule has 0 aliphatic carbocycles. The Morgan fingerprint density at radius 1 is 0.966 bits per heavy atom. The molecule has 2 aromatic heterocycles. The number of para-hydroxylation sites is 1. The first-order valence-electron chi connectivity index (χ1n) is 9.64. The molecule has 6 nitrogen and oxygen atoms in total. The normalized spacial score (nSPS) is 10.8. The van der Waals surface area contributed by atoms with Crippen LogP contribution >= 0.6 is 0 Å². The second-order valence-corrected chi connectivity index (χ2v) is 6.86. The summed E-state index contributed by atoms with van der Waals surface area (Å²) in [6.07, 6.45) is 3.73.